The van der Waals surface area contributed by atoms with Crippen LogP contribution >= 0.6 is 0 Å². The van der Waals surface area contributed by atoms with Crippen LogP contribution in [0.15, 0.2) is 53.5 Å². The molecule has 0 heterocycles. The molecule has 0 spiro atoms. The number of aliphatic imine (C=N–C) groups is 1. The fourth-order valence-corrected chi connectivity index (χ4v) is 1.97. The van der Waals surface area contributed by atoms with Crippen molar-refractivity contribution in [3.63, 3.8) is 0 Å². The van der Waals surface area contributed by atoms with Crippen LogP contribution in [-0.4, -0.2) is 12.9 Å². The smallest absolute Gasteiger partial charge is 0.151 e. The second-order valence-electron chi connectivity index (χ2n) is 4.97. The number of hydrogen-bond donors (Lipinski definition) is 0. The molecule has 2 nitrogen and oxygen atoms in total. The lowest BCUT2D eigenvalue weighted by molar-refractivity contribution is 0.583. The Morgan fingerprint density at radius 2 is 1.48 bits per heavy atom. The Hall–Kier alpha value is -2.63. The Labute approximate surface area is 131 Å². The summed E-state index contributed by atoms with van der Waals surface area (Å²) in [6.45, 7) is 5.37. The van der Waals surface area contributed by atoms with Gasteiger partial charge in [0.05, 0.1) is 6.34 Å². The normalized spacial score (nSPS) is 11.0. The maximum absolute atomic E-state index is 13.9. The van der Waals surface area contributed by atoms with Crippen molar-refractivity contribution in [1.29, 1.82) is 0 Å². The van der Waals surface area contributed by atoms with Crippen LogP contribution in [0.5, 0.6) is 0 Å². The number of para-hydroxylation sites is 2. The van der Waals surface area contributed by atoms with Crippen LogP contribution in [0.1, 0.15) is 6.92 Å². The molecule has 2 rings (SSSR count). The quantitative estimate of drug-likeness (QED) is 0.328. The molecule has 0 aromatic heterocycles. The largest absolute Gasteiger partial charge is 0.323 e. The fourth-order valence-electron chi connectivity index (χ4n) is 1.97. The topological polar surface area (TPSA) is 15.6 Å². The van der Waals surface area contributed by atoms with Crippen molar-refractivity contribution in [3.8, 4) is 0 Å². The number of anilines is 1. The van der Waals surface area contributed by atoms with Gasteiger partial charge in [-0.05, 0) is 31.2 Å². The minimum absolute atomic E-state index is 0.0391. The van der Waals surface area contributed by atoms with Gasteiger partial charge in [-0.2, -0.15) is 0 Å². The predicted molar refractivity (Wildman–Crippen MR) is 83.0 cm³/mol. The van der Waals surface area contributed by atoms with Crippen molar-refractivity contribution in [1.82, 2.24) is 0 Å². The summed E-state index contributed by atoms with van der Waals surface area (Å²) in [6, 6.07) is 6.68. The molecule has 0 saturated carbocycles. The van der Waals surface area contributed by atoms with E-state index in [1.807, 2.05) is 0 Å². The molecular weight excluding hydrogens is 308 g/mol. The van der Waals surface area contributed by atoms with Gasteiger partial charge in [0.25, 0.3) is 0 Å². The standard InChI is InChI=1S/C17H14F4N2/c1-11(2)9-23(17-14(20)7-4-8-15(17)21)10-22-16-12(18)5-3-6-13(16)19/h3-8,10H,1,9H2,2H3. The highest BCUT2D eigenvalue weighted by Gasteiger charge is 2.16. The number of nitrogens with zero attached hydrogens (tertiary/aromatic N) is 2. The summed E-state index contributed by atoms with van der Waals surface area (Å²) in [7, 11) is 0. The summed E-state index contributed by atoms with van der Waals surface area (Å²) in [5.74, 6) is -3.37. The van der Waals surface area contributed by atoms with E-state index in [2.05, 4.69) is 11.6 Å². The van der Waals surface area contributed by atoms with Gasteiger partial charge in [-0.3, -0.25) is 0 Å². The second-order valence-corrected chi connectivity index (χ2v) is 4.97. The van der Waals surface area contributed by atoms with Gasteiger partial charge in [-0.25, -0.2) is 22.6 Å². The van der Waals surface area contributed by atoms with Crippen molar-refractivity contribution in [2.75, 3.05) is 11.4 Å². The summed E-state index contributed by atoms with van der Waals surface area (Å²) in [5.41, 5.74) is -0.305. The fraction of sp³-hybridized carbons (Fsp3) is 0.118. The van der Waals surface area contributed by atoms with E-state index in [1.54, 1.807) is 6.92 Å². The molecule has 0 aliphatic heterocycles. The molecule has 0 aliphatic carbocycles. The van der Waals surface area contributed by atoms with E-state index in [0.717, 1.165) is 35.5 Å². The Balaban J connectivity index is 2.44. The van der Waals surface area contributed by atoms with E-state index in [0.29, 0.717) is 5.57 Å². The maximum atomic E-state index is 13.9. The molecule has 0 saturated heterocycles. The summed E-state index contributed by atoms with van der Waals surface area (Å²) in [4.78, 5) is 4.80. The zero-order chi connectivity index (χ0) is 17.0. The Kier molecular flexibility index (Phi) is 5.16. The highest BCUT2D eigenvalue weighted by atomic mass is 19.1. The van der Waals surface area contributed by atoms with Crippen molar-refractivity contribution in [2.24, 2.45) is 4.99 Å². The van der Waals surface area contributed by atoms with Crippen molar-refractivity contribution >= 4 is 17.7 Å². The molecule has 0 unspecified atom stereocenters. The van der Waals surface area contributed by atoms with E-state index >= 15 is 0 Å². The first-order chi connectivity index (χ1) is 10.9. The van der Waals surface area contributed by atoms with Gasteiger partial charge in [0.15, 0.2) is 11.6 Å². The average molecular weight is 322 g/mol. The van der Waals surface area contributed by atoms with E-state index < -0.39 is 29.0 Å². The van der Waals surface area contributed by atoms with Gasteiger partial charge in [-0.15, -0.1) is 0 Å². The van der Waals surface area contributed by atoms with Gasteiger partial charge in [-0.1, -0.05) is 24.3 Å². The molecule has 0 radical (unpaired) electrons. The summed E-state index contributed by atoms with van der Waals surface area (Å²) in [5, 5.41) is 0. The van der Waals surface area contributed by atoms with Gasteiger partial charge < -0.3 is 4.90 Å². The lowest BCUT2D eigenvalue weighted by Gasteiger charge is -2.21. The highest BCUT2D eigenvalue weighted by molar-refractivity contribution is 5.82. The van der Waals surface area contributed by atoms with Crippen molar-refractivity contribution < 1.29 is 17.6 Å². The molecule has 2 aromatic carbocycles. The predicted octanol–water partition coefficient (Wildman–Crippen LogP) is 4.99. The van der Waals surface area contributed by atoms with Crippen LogP contribution < -0.4 is 4.90 Å². The first kappa shape index (κ1) is 16.7. The Bertz CT molecular complexity index is 716. The van der Waals surface area contributed by atoms with Crippen LogP contribution in [0, 0.1) is 23.3 Å². The zero-order valence-corrected chi connectivity index (χ0v) is 12.4. The molecule has 23 heavy (non-hydrogen) atoms. The monoisotopic (exact) mass is 322 g/mol. The highest BCUT2D eigenvalue weighted by Crippen LogP contribution is 2.25. The van der Waals surface area contributed by atoms with Crippen molar-refractivity contribution in [3.05, 3.63) is 71.8 Å². The average Bonchev–Trinajstić information content (AvgIpc) is 2.45. The number of hydrogen-bond acceptors (Lipinski definition) is 1. The molecule has 0 amide bonds. The van der Waals surface area contributed by atoms with Gasteiger partial charge in [0.2, 0.25) is 0 Å². The van der Waals surface area contributed by atoms with Crippen LogP contribution in [0.2, 0.25) is 0 Å². The lowest BCUT2D eigenvalue weighted by atomic mass is 10.2. The van der Waals surface area contributed by atoms with Crippen LogP contribution in [-0.2, 0) is 0 Å². The number of rotatable bonds is 5. The lowest BCUT2D eigenvalue weighted by Crippen LogP contribution is -2.25. The summed E-state index contributed by atoms with van der Waals surface area (Å²) >= 11 is 0. The van der Waals surface area contributed by atoms with Crippen LogP contribution in [0.25, 0.3) is 0 Å². The first-order valence-corrected chi connectivity index (χ1v) is 6.73. The number of benzene rings is 2. The second kappa shape index (κ2) is 7.09. The zero-order valence-electron chi connectivity index (χ0n) is 12.4. The molecule has 0 aliphatic rings. The minimum Gasteiger partial charge on any atom is -0.323 e. The summed E-state index contributed by atoms with van der Waals surface area (Å²) in [6.07, 6.45) is 0.984. The summed E-state index contributed by atoms with van der Waals surface area (Å²) < 4.78 is 55.0. The Morgan fingerprint density at radius 3 is 1.96 bits per heavy atom. The molecule has 6 heteroatoms. The van der Waals surface area contributed by atoms with Crippen LogP contribution in [0.4, 0.5) is 28.9 Å². The molecule has 0 fully saturated rings. The third kappa shape index (κ3) is 3.97. The van der Waals surface area contributed by atoms with Crippen molar-refractivity contribution in [2.45, 2.75) is 6.92 Å². The van der Waals surface area contributed by atoms with Crippen LogP contribution in [0.3, 0.4) is 0 Å². The molecule has 0 bridgehead atoms. The number of halogens is 4. The van der Waals surface area contributed by atoms with E-state index in [9.17, 15) is 17.6 Å². The Morgan fingerprint density at radius 1 is 1.00 bits per heavy atom. The third-order valence-electron chi connectivity index (χ3n) is 2.93. The maximum Gasteiger partial charge on any atom is 0.151 e. The van der Waals surface area contributed by atoms with Gasteiger partial charge >= 0.3 is 0 Å². The van der Waals surface area contributed by atoms with Gasteiger partial charge in [0, 0.05) is 6.54 Å². The molecule has 0 atom stereocenters. The minimum atomic E-state index is -0.870. The van der Waals surface area contributed by atoms with E-state index in [4.69, 9.17) is 0 Å². The van der Waals surface area contributed by atoms with E-state index in [1.165, 1.54) is 12.1 Å². The molecule has 2 aromatic rings. The third-order valence-corrected chi connectivity index (χ3v) is 2.93. The molecular formula is C17H14F4N2. The molecule has 0 N–H and O–H groups in total. The SMILES string of the molecule is C=C(C)CN(C=Nc1c(F)cccc1F)c1c(F)cccc1F. The first-order valence-electron chi connectivity index (χ1n) is 6.73. The van der Waals surface area contributed by atoms with E-state index in [-0.39, 0.29) is 12.2 Å². The van der Waals surface area contributed by atoms with Gasteiger partial charge in [0.1, 0.15) is 23.0 Å². The molecule has 120 valence electrons.